The summed E-state index contributed by atoms with van der Waals surface area (Å²) in [5, 5.41) is 7.56. The molecule has 0 aliphatic rings. The van der Waals surface area contributed by atoms with E-state index < -0.39 is 0 Å². The lowest BCUT2D eigenvalue weighted by Gasteiger charge is -2.07. The number of rotatable bonds is 5. The maximum absolute atomic E-state index is 12.9. The summed E-state index contributed by atoms with van der Waals surface area (Å²) >= 11 is 0. The van der Waals surface area contributed by atoms with Crippen molar-refractivity contribution in [1.29, 1.82) is 0 Å². The maximum Gasteiger partial charge on any atom is 0.282 e. The molecule has 0 radical (unpaired) electrons. The summed E-state index contributed by atoms with van der Waals surface area (Å²) in [6.45, 7) is 0.515. The van der Waals surface area contributed by atoms with Crippen molar-refractivity contribution in [3.05, 3.63) is 90.4 Å². The molecule has 1 aromatic carbocycles. The van der Waals surface area contributed by atoms with E-state index in [1.165, 1.54) is 10.9 Å². The Balaban J connectivity index is 1.69. The van der Waals surface area contributed by atoms with Gasteiger partial charge in [0.15, 0.2) is 0 Å². The van der Waals surface area contributed by atoms with Crippen LogP contribution in [0, 0.1) is 0 Å². The van der Waals surface area contributed by atoms with E-state index in [2.05, 4.69) is 25.4 Å². The third kappa shape index (κ3) is 3.72. The van der Waals surface area contributed by atoms with Crippen LogP contribution in [-0.4, -0.2) is 30.6 Å². The summed E-state index contributed by atoms with van der Waals surface area (Å²) in [5.41, 5.74) is 2.09. The van der Waals surface area contributed by atoms with Crippen LogP contribution in [0.3, 0.4) is 0 Å². The molecule has 0 fully saturated rings. The molecular formula is C20H16N6O. The van der Waals surface area contributed by atoms with Crippen molar-refractivity contribution in [2.24, 2.45) is 0 Å². The molecule has 0 aliphatic heterocycles. The first-order valence-corrected chi connectivity index (χ1v) is 8.42. The Labute approximate surface area is 155 Å². The minimum atomic E-state index is -0.312. The quantitative estimate of drug-likeness (QED) is 0.591. The third-order valence-corrected chi connectivity index (χ3v) is 3.90. The fraction of sp³-hybridized carbons (Fsp3) is 0.0500. The van der Waals surface area contributed by atoms with Gasteiger partial charge in [-0.15, -0.1) is 5.10 Å². The number of carbonyl (C=O) groups is 1. The van der Waals surface area contributed by atoms with Gasteiger partial charge >= 0.3 is 0 Å². The molecule has 132 valence electrons. The number of nitrogens with zero attached hydrogens (tertiary/aromatic N) is 5. The smallest absolute Gasteiger partial charge is 0.282 e. The molecule has 0 saturated heterocycles. The number of hydrogen-bond donors (Lipinski definition) is 1. The van der Waals surface area contributed by atoms with Crippen LogP contribution < -0.4 is 5.32 Å². The molecule has 0 unspecified atom stereocenters. The topological polar surface area (TPSA) is 85.6 Å². The molecule has 7 heteroatoms. The minimum absolute atomic E-state index is 0.312. The second-order valence-electron chi connectivity index (χ2n) is 5.77. The predicted molar refractivity (Wildman–Crippen MR) is 101 cm³/mol. The lowest BCUT2D eigenvalue weighted by molar-refractivity contribution is 0.0947. The fourth-order valence-electron chi connectivity index (χ4n) is 2.56. The number of aromatic nitrogens is 5. The van der Waals surface area contributed by atoms with Gasteiger partial charge in [0.1, 0.15) is 5.69 Å². The lowest BCUT2D eigenvalue weighted by Crippen LogP contribution is -2.17. The van der Waals surface area contributed by atoms with E-state index in [4.69, 9.17) is 0 Å². The van der Waals surface area contributed by atoms with Crippen molar-refractivity contribution in [2.45, 2.75) is 6.54 Å². The van der Waals surface area contributed by atoms with E-state index in [0.717, 1.165) is 5.56 Å². The highest BCUT2D eigenvalue weighted by molar-refractivity contribution is 5.96. The predicted octanol–water partition coefficient (Wildman–Crippen LogP) is 3.04. The van der Waals surface area contributed by atoms with E-state index >= 15 is 0 Å². The first-order chi connectivity index (χ1) is 13.3. The molecule has 1 N–H and O–H groups in total. The molecule has 7 nitrogen and oxygen atoms in total. The summed E-state index contributed by atoms with van der Waals surface area (Å²) in [5.74, 6) is 0.421. The zero-order valence-corrected chi connectivity index (χ0v) is 14.4. The Morgan fingerprint density at radius 3 is 2.56 bits per heavy atom. The van der Waals surface area contributed by atoms with Crippen LogP contribution in [0.4, 0.5) is 5.95 Å². The molecule has 3 heterocycles. The van der Waals surface area contributed by atoms with Gasteiger partial charge in [-0.1, -0.05) is 36.4 Å². The normalized spacial score (nSPS) is 10.5. The third-order valence-electron chi connectivity index (χ3n) is 3.90. The molecular weight excluding hydrogens is 340 g/mol. The monoisotopic (exact) mass is 356 g/mol. The number of carbonyl (C=O) groups excluding carboxylic acids is 1. The van der Waals surface area contributed by atoms with Gasteiger partial charge in [-0.25, -0.2) is 0 Å². The van der Waals surface area contributed by atoms with Crippen LogP contribution in [0.15, 0.2) is 79.3 Å². The van der Waals surface area contributed by atoms with Gasteiger partial charge in [0.25, 0.3) is 5.91 Å². The van der Waals surface area contributed by atoms with E-state index in [9.17, 15) is 4.79 Å². The highest BCUT2D eigenvalue weighted by Crippen LogP contribution is 2.17. The Morgan fingerprint density at radius 1 is 0.963 bits per heavy atom. The van der Waals surface area contributed by atoms with Gasteiger partial charge in [0, 0.05) is 25.1 Å². The number of hydrogen-bond acceptors (Lipinski definition) is 6. The number of benzene rings is 1. The van der Waals surface area contributed by atoms with Crippen LogP contribution >= 0.6 is 0 Å². The van der Waals surface area contributed by atoms with Crippen molar-refractivity contribution < 1.29 is 4.79 Å². The van der Waals surface area contributed by atoms with E-state index in [1.54, 1.807) is 30.6 Å². The largest absolute Gasteiger partial charge is 0.350 e. The van der Waals surface area contributed by atoms with Crippen molar-refractivity contribution in [1.82, 2.24) is 24.7 Å². The van der Waals surface area contributed by atoms with Crippen LogP contribution in [0.5, 0.6) is 0 Å². The Bertz CT molecular complexity index is 1030. The summed E-state index contributed by atoms with van der Waals surface area (Å²) in [6, 6.07) is 18.7. The van der Waals surface area contributed by atoms with Crippen LogP contribution in [0.2, 0.25) is 0 Å². The second-order valence-corrected chi connectivity index (χ2v) is 5.77. The van der Waals surface area contributed by atoms with E-state index in [0.29, 0.717) is 29.6 Å². The van der Waals surface area contributed by atoms with Crippen LogP contribution in [0.1, 0.15) is 15.9 Å². The molecule has 0 atom stereocenters. The average Bonchev–Trinajstić information content (AvgIpc) is 3.18. The van der Waals surface area contributed by atoms with Gasteiger partial charge in [0.05, 0.1) is 5.56 Å². The fourth-order valence-corrected chi connectivity index (χ4v) is 2.56. The molecule has 0 spiro atoms. The maximum atomic E-state index is 12.9. The summed E-state index contributed by atoms with van der Waals surface area (Å²) in [7, 11) is 0. The van der Waals surface area contributed by atoms with Crippen molar-refractivity contribution in [2.75, 3.05) is 5.32 Å². The molecule has 0 bridgehead atoms. The van der Waals surface area contributed by atoms with Crippen molar-refractivity contribution in [3.8, 4) is 11.5 Å². The standard InChI is InChI=1S/C20H16N6O/c27-19(16-9-6-11-21-14-16)26-20(23-13-15-7-2-1-3-8-15)24-18(25-26)17-10-4-5-12-22-17/h1-12,14H,13H2,(H,23,24,25). The van der Waals surface area contributed by atoms with Gasteiger partial charge in [0.2, 0.25) is 11.8 Å². The first kappa shape index (κ1) is 16.6. The highest BCUT2D eigenvalue weighted by atomic mass is 16.2. The van der Waals surface area contributed by atoms with Gasteiger partial charge < -0.3 is 5.32 Å². The average molecular weight is 356 g/mol. The van der Waals surface area contributed by atoms with E-state index in [-0.39, 0.29) is 5.91 Å². The lowest BCUT2D eigenvalue weighted by atomic mass is 10.2. The molecule has 27 heavy (non-hydrogen) atoms. The zero-order valence-electron chi connectivity index (χ0n) is 14.4. The number of pyridine rings is 2. The SMILES string of the molecule is O=C(c1cccnc1)n1nc(-c2ccccn2)nc1NCc1ccccc1. The van der Waals surface area contributed by atoms with Gasteiger partial charge in [-0.3, -0.25) is 14.8 Å². The number of anilines is 1. The summed E-state index contributed by atoms with van der Waals surface area (Å²) < 4.78 is 1.25. The Morgan fingerprint density at radius 2 is 1.81 bits per heavy atom. The zero-order chi connectivity index (χ0) is 18.5. The van der Waals surface area contributed by atoms with Gasteiger partial charge in [-0.05, 0) is 29.8 Å². The molecule has 0 amide bonds. The van der Waals surface area contributed by atoms with Gasteiger partial charge in [-0.2, -0.15) is 9.67 Å². The molecule has 3 aromatic heterocycles. The highest BCUT2D eigenvalue weighted by Gasteiger charge is 2.19. The van der Waals surface area contributed by atoms with Crippen molar-refractivity contribution in [3.63, 3.8) is 0 Å². The second kappa shape index (κ2) is 7.57. The van der Waals surface area contributed by atoms with Crippen LogP contribution in [0.25, 0.3) is 11.5 Å². The molecule has 0 aliphatic carbocycles. The summed E-state index contributed by atoms with van der Waals surface area (Å²) in [4.78, 5) is 25.6. The van der Waals surface area contributed by atoms with E-state index in [1.807, 2.05) is 42.5 Å². The Kier molecular flexibility index (Phi) is 4.65. The number of nitrogens with one attached hydrogen (secondary N) is 1. The first-order valence-electron chi connectivity index (χ1n) is 8.42. The minimum Gasteiger partial charge on any atom is -0.350 e. The summed E-state index contributed by atoms with van der Waals surface area (Å²) in [6.07, 6.45) is 4.79. The Hall–Kier alpha value is -3.87. The van der Waals surface area contributed by atoms with Crippen molar-refractivity contribution >= 4 is 11.9 Å². The molecule has 0 saturated carbocycles. The molecule has 4 aromatic rings. The molecule has 4 rings (SSSR count). The van der Waals surface area contributed by atoms with Crippen LogP contribution in [-0.2, 0) is 6.54 Å².